The van der Waals surface area contributed by atoms with E-state index in [1.54, 1.807) is 28.6 Å². The van der Waals surface area contributed by atoms with Crippen LogP contribution in [-0.4, -0.2) is 32.5 Å². The summed E-state index contributed by atoms with van der Waals surface area (Å²) in [4.78, 5) is 0. The first-order valence-corrected chi connectivity index (χ1v) is 9.72. The largest absolute Gasteiger partial charge is 1.00 e. The molecule has 0 radical (unpaired) electrons. The van der Waals surface area contributed by atoms with Gasteiger partial charge in [0.05, 0.1) is 0 Å². The van der Waals surface area contributed by atoms with Crippen molar-refractivity contribution in [1.29, 1.82) is 0 Å². The Morgan fingerprint density at radius 1 is 1.11 bits per heavy atom. The van der Waals surface area contributed by atoms with Gasteiger partial charge in [0.2, 0.25) is 5.16 Å². The summed E-state index contributed by atoms with van der Waals surface area (Å²) < 4.78 is 21.2. The van der Waals surface area contributed by atoms with Crippen molar-refractivity contribution >= 4 is 11.8 Å². The molecule has 150 valence electrons. The molecule has 0 fully saturated rings. The lowest BCUT2D eigenvalue weighted by Gasteiger charge is -2.12. The Balaban J connectivity index is 0.00000280. The van der Waals surface area contributed by atoms with Gasteiger partial charge in [-0.3, -0.25) is 0 Å². The van der Waals surface area contributed by atoms with E-state index in [0.29, 0.717) is 12.1 Å². The number of aromatic nitrogens is 4. The second-order valence-corrected chi connectivity index (χ2v) is 7.01. The van der Waals surface area contributed by atoms with Gasteiger partial charge < -0.3 is 22.5 Å². The van der Waals surface area contributed by atoms with Crippen LogP contribution in [0.2, 0.25) is 0 Å². The van der Waals surface area contributed by atoms with Gasteiger partial charge >= 0.3 is 0 Å². The monoisotopic (exact) mass is 422 g/mol. The molecule has 3 aromatic rings. The zero-order chi connectivity index (χ0) is 18.9. The first-order chi connectivity index (χ1) is 13.2. The number of para-hydroxylation sites is 1. The summed E-state index contributed by atoms with van der Waals surface area (Å²) in [5.74, 6) is 1.46. The van der Waals surface area contributed by atoms with Crippen molar-refractivity contribution in [3.8, 4) is 5.75 Å². The molecule has 0 atom stereocenters. The molecule has 0 unspecified atom stereocenters. The Kier molecular flexibility index (Phi) is 9.19. The molecular formula is C19H22ClFN5OS-. The van der Waals surface area contributed by atoms with E-state index in [-0.39, 0.29) is 24.8 Å². The molecule has 2 aromatic carbocycles. The van der Waals surface area contributed by atoms with E-state index in [9.17, 15) is 4.39 Å². The number of aryl methyl sites for hydroxylation is 1. The molecule has 1 N–H and O–H groups in total. The van der Waals surface area contributed by atoms with Crippen LogP contribution in [0.3, 0.4) is 0 Å². The molecule has 6 nitrogen and oxygen atoms in total. The Morgan fingerprint density at radius 3 is 2.61 bits per heavy atom. The predicted molar refractivity (Wildman–Crippen MR) is 103 cm³/mol. The zero-order valence-electron chi connectivity index (χ0n) is 15.5. The quantitative estimate of drug-likeness (QED) is 0.372. The standard InChI is InChI=1S/C19H22FN5OS.ClH/c1-25-19(22-23-24-25)27-12-6-11-21-13-15-7-3-5-10-18(15)26-14-16-8-2-4-9-17(16)20;/h2-5,7-10,21H,6,11-14H2,1H3;1H/p-1. The summed E-state index contributed by atoms with van der Waals surface area (Å²) in [7, 11) is 1.83. The second-order valence-electron chi connectivity index (χ2n) is 5.95. The molecule has 0 aliphatic heterocycles. The van der Waals surface area contributed by atoms with E-state index in [4.69, 9.17) is 4.74 Å². The summed E-state index contributed by atoms with van der Waals surface area (Å²) in [6.45, 7) is 1.79. The van der Waals surface area contributed by atoms with E-state index in [1.807, 2.05) is 37.4 Å². The smallest absolute Gasteiger partial charge is 0.209 e. The average molecular weight is 423 g/mol. The fourth-order valence-electron chi connectivity index (χ4n) is 2.49. The Labute approximate surface area is 174 Å². The van der Waals surface area contributed by atoms with Crippen LogP contribution in [-0.2, 0) is 20.2 Å². The molecular weight excluding hydrogens is 401 g/mol. The number of nitrogens with zero attached hydrogens (tertiary/aromatic N) is 4. The molecule has 28 heavy (non-hydrogen) atoms. The van der Waals surface area contributed by atoms with Crippen molar-refractivity contribution in [2.45, 2.75) is 24.7 Å². The van der Waals surface area contributed by atoms with Crippen molar-refractivity contribution in [1.82, 2.24) is 25.5 Å². The van der Waals surface area contributed by atoms with Crippen LogP contribution in [0.5, 0.6) is 5.75 Å². The minimum Gasteiger partial charge on any atom is -1.00 e. The number of thioether (sulfide) groups is 1. The number of hydrogen-bond acceptors (Lipinski definition) is 6. The molecule has 0 amide bonds. The normalized spacial score (nSPS) is 10.5. The fraction of sp³-hybridized carbons (Fsp3) is 0.316. The Morgan fingerprint density at radius 2 is 1.86 bits per heavy atom. The molecule has 0 aliphatic carbocycles. The average Bonchev–Trinajstić information content (AvgIpc) is 3.09. The van der Waals surface area contributed by atoms with Crippen LogP contribution in [0.25, 0.3) is 0 Å². The lowest BCUT2D eigenvalue weighted by molar-refractivity contribution is -0.00000668. The van der Waals surface area contributed by atoms with Crippen molar-refractivity contribution in [2.75, 3.05) is 12.3 Å². The predicted octanol–water partition coefficient (Wildman–Crippen LogP) is 0.204. The zero-order valence-corrected chi connectivity index (χ0v) is 17.1. The SMILES string of the molecule is Cn1nnnc1SCCCNCc1ccccc1OCc1ccccc1F.[Cl-]. The maximum absolute atomic E-state index is 13.7. The van der Waals surface area contributed by atoms with Gasteiger partial charge in [-0.25, -0.2) is 9.07 Å². The first-order valence-electron chi connectivity index (χ1n) is 8.74. The van der Waals surface area contributed by atoms with E-state index >= 15 is 0 Å². The maximum atomic E-state index is 13.7. The maximum Gasteiger partial charge on any atom is 0.209 e. The molecule has 3 rings (SSSR count). The number of benzene rings is 2. The van der Waals surface area contributed by atoms with Crippen molar-refractivity contribution < 1.29 is 21.5 Å². The van der Waals surface area contributed by atoms with Gasteiger partial charge in [0.15, 0.2) is 0 Å². The van der Waals surface area contributed by atoms with Crippen LogP contribution in [0.1, 0.15) is 17.5 Å². The van der Waals surface area contributed by atoms with Gasteiger partial charge in [-0.1, -0.05) is 48.2 Å². The Hall–Kier alpha value is -2.16. The van der Waals surface area contributed by atoms with E-state index in [0.717, 1.165) is 35.2 Å². The highest BCUT2D eigenvalue weighted by Crippen LogP contribution is 2.20. The summed E-state index contributed by atoms with van der Waals surface area (Å²) in [6, 6.07) is 14.5. The Bertz CT molecular complexity index is 864. The number of halogens is 2. The van der Waals surface area contributed by atoms with Gasteiger partial charge in [-0.05, 0) is 35.5 Å². The minimum absolute atomic E-state index is 0. The first kappa shape index (κ1) is 22.1. The summed E-state index contributed by atoms with van der Waals surface area (Å²) in [5.41, 5.74) is 1.61. The van der Waals surface area contributed by atoms with Crippen molar-refractivity contribution in [2.24, 2.45) is 7.05 Å². The molecule has 1 heterocycles. The third-order valence-electron chi connectivity index (χ3n) is 3.94. The third kappa shape index (κ3) is 6.47. The van der Waals surface area contributed by atoms with E-state index < -0.39 is 0 Å². The molecule has 1 aromatic heterocycles. The van der Waals surface area contributed by atoms with E-state index in [2.05, 4.69) is 20.8 Å². The van der Waals surface area contributed by atoms with Crippen molar-refractivity contribution in [3.05, 3.63) is 65.5 Å². The molecule has 0 bridgehead atoms. The molecule has 0 saturated heterocycles. The van der Waals surface area contributed by atoms with Gasteiger partial charge in [-0.15, -0.1) is 5.10 Å². The van der Waals surface area contributed by atoms with Crippen LogP contribution in [0.4, 0.5) is 4.39 Å². The third-order valence-corrected chi connectivity index (χ3v) is 5.04. The highest BCUT2D eigenvalue weighted by Gasteiger charge is 2.06. The van der Waals surface area contributed by atoms with Crippen LogP contribution in [0, 0.1) is 5.82 Å². The van der Waals surface area contributed by atoms with Gasteiger partial charge in [0, 0.05) is 30.5 Å². The second kappa shape index (κ2) is 11.6. The van der Waals surface area contributed by atoms with Crippen LogP contribution >= 0.6 is 11.8 Å². The fourth-order valence-corrected chi connectivity index (χ4v) is 3.28. The number of nitrogens with one attached hydrogen (secondary N) is 1. The molecule has 0 saturated carbocycles. The number of rotatable bonds is 10. The number of tetrazole rings is 1. The number of hydrogen-bond donors (Lipinski definition) is 1. The summed E-state index contributed by atoms with van der Waals surface area (Å²) in [6.07, 6.45) is 0.996. The summed E-state index contributed by atoms with van der Waals surface area (Å²) >= 11 is 1.64. The highest BCUT2D eigenvalue weighted by molar-refractivity contribution is 7.99. The highest BCUT2D eigenvalue weighted by atomic mass is 35.5. The lowest BCUT2D eigenvalue weighted by Crippen LogP contribution is -3.00. The topological polar surface area (TPSA) is 64.9 Å². The molecule has 0 spiro atoms. The van der Waals surface area contributed by atoms with E-state index in [1.165, 1.54) is 6.07 Å². The lowest BCUT2D eigenvalue weighted by atomic mass is 10.2. The van der Waals surface area contributed by atoms with Crippen molar-refractivity contribution in [3.63, 3.8) is 0 Å². The van der Waals surface area contributed by atoms with Gasteiger partial charge in [-0.2, -0.15) is 0 Å². The summed E-state index contributed by atoms with van der Waals surface area (Å²) in [5, 5.41) is 15.6. The van der Waals surface area contributed by atoms with Crippen LogP contribution < -0.4 is 22.5 Å². The molecule has 0 aliphatic rings. The minimum atomic E-state index is -0.247. The van der Waals surface area contributed by atoms with Gasteiger partial charge in [0.25, 0.3) is 0 Å². The molecule has 9 heteroatoms. The van der Waals surface area contributed by atoms with Crippen LogP contribution in [0.15, 0.2) is 53.7 Å². The van der Waals surface area contributed by atoms with Gasteiger partial charge in [0.1, 0.15) is 18.2 Å². The number of ether oxygens (including phenoxy) is 1.